The van der Waals surface area contributed by atoms with Gasteiger partial charge in [-0.2, -0.15) is 4.39 Å². The minimum Gasteiger partial charge on any atom is -0.503 e. The summed E-state index contributed by atoms with van der Waals surface area (Å²) in [6.07, 6.45) is 2.50. The smallest absolute Gasteiger partial charge is 0.254 e. The second-order valence-electron chi connectivity index (χ2n) is 3.89. The molecule has 1 aromatic carbocycles. The normalized spacial score (nSPS) is 10.5. The summed E-state index contributed by atoms with van der Waals surface area (Å²) in [4.78, 5) is 11.6. The van der Waals surface area contributed by atoms with E-state index in [2.05, 4.69) is 21.2 Å². The number of halogens is 4. The Hall–Kier alpha value is -1.24. The predicted molar refractivity (Wildman–Crippen MR) is 68.0 cm³/mol. The summed E-state index contributed by atoms with van der Waals surface area (Å²) in [7, 11) is 0. The van der Waals surface area contributed by atoms with Crippen molar-refractivity contribution in [1.29, 1.82) is 0 Å². The van der Waals surface area contributed by atoms with Crippen molar-refractivity contribution in [2.75, 3.05) is 11.9 Å². The topological polar surface area (TPSA) is 49.3 Å². The molecule has 19 heavy (non-hydrogen) atoms. The Labute approximate surface area is 116 Å². The van der Waals surface area contributed by atoms with Gasteiger partial charge in [0.15, 0.2) is 17.4 Å². The van der Waals surface area contributed by atoms with Crippen LogP contribution in [0.2, 0.25) is 0 Å². The van der Waals surface area contributed by atoms with E-state index in [1.54, 1.807) is 0 Å². The number of unbranched alkanes of at least 4 members (excludes halogenated alkanes) is 2. The lowest BCUT2D eigenvalue weighted by molar-refractivity contribution is 0.0947. The van der Waals surface area contributed by atoms with Crippen LogP contribution in [0.25, 0.3) is 0 Å². The summed E-state index contributed by atoms with van der Waals surface area (Å²) in [5.41, 5.74) is -0.711. The zero-order chi connectivity index (χ0) is 14.4. The average molecular weight is 340 g/mol. The minimum absolute atomic E-state index is 0.297. The Bertz CT molecular complexity index is 469. The van der Waals surface area contributed by atoms with E-state index in [1.165, 1.54) is 0 Å². The number of aromatic hydroxyl groups is 1. The molecular formula is C12H13BrF3NO2. The van der Waals surface area contributed by atoms with Crippen molar-refractivity contribution < 1.29 is 23.1 Å². The number of rotatable bonds is 6. The average Bonchev–Trinajstić information content (AvgIpc) is 2.40. The van der Waals surface area contributed by atoms with Gasteiger partial charge < -0.3 is 10.4 Å². The molecule has 1 aromatic rings. The van der Waals surface area contributed by atoms with Crippen molar-refractivity contribution in [2.45, 2.75) is 19.3 Å². The Balaban J connectivity index is 2.67. The molecule has 1 rings (SSSR count). The Morgan fingerprint density at radius 2 is 1.89 bits per heavy atom. The maximum Gasteiger partial charge on any atom is 0.254 e. The van der Waals surface area contributed by atoms with Crippen molar-refractivity contribution in [1.82, 2.24) is 5.32 Å². The molecule has 106 valence electrons. The minimum atomic E-state index is -1.70. The van der Waals surface area contributed by atoms with Crippen LogP contribution >= 0.6 is 15.9 Å². The van der Waals surface area contributed by atoms with E-state index in [9.17, 15) is 18.0 Å². The Morgan fingerprint density at radius 3 is 2.53 bits per heavy atom. The largest absolute Gasteiger partial charge is 0.503 e. The quantitative estimate of drug-likeness (QED) is 0.475. The number of nitrogens with one attached hydrogen (secondary N) is 1. The zero-order valence-electron chi connectivity index (χ0n) is 9.98. The fourth-order valence-electron chi connectivity index (χ4n) is 1.45. The third-order valence-corrected chi connectivity index (χ3v) is 3.03. The molecule has 7 heteroatoms. The van der Waals surface area contributed by atoms with E-state index in [4.69, 9.17) is 5.11 Å². The standard InChI is InChI=1S/C12H13BrF3NO2/c13-4-2-1-3-5-17-12(19)7-6-8(14)10(16)11(18)9(7)15/h6,18H,1-5H2,(H,17,19). The SMILES string of the molecule is O=C(NCCCCCBr)c1cc(F)c(F)c(O)c1F. The second kappa shape index (κ2) is 7.37. The van der Waals surface area contributed by atoms with Gasteiger partial charge in [-0.3, -0.25) is 4.79 Å². The first-order valence-electron chi connectivity index (χ1n) is 5.69. The molecule has 0 aromatic heterocycles. The Morgan fingerprint density at radius 1 is 1.21 bits per heavy atom. The van der Waals surface area contributed by atoms with Gasteiger partial charge >= 0.3 is 0 Å². The van der Waals surface area contributed by atoms with Crippen molar-refractivity contribution in [3.05, 3.63) is 29.1 Å². The Kier molecular flexibility index (Phi) is 6.14. The summed E-state index contributed by atoms with van der Waals surface area (Å²) < 4.78 is 39.2. The fourth-order valence-corrected chi connectivity index (χ4v) is 1.85. The van der Waals surface area contributed by atoms with Gasteiger partial charge in [-0.15, -0.1) is 0 Å². The van der Waals surface area contributed by atoms with Gasteiger partial charge in [-0.1, -0.05) is 22.4 Å². The number of phenolic OH excluding ortho intramolecular Hbond substituents is 1. The molecule has 1 amide bonds. The highest BCUT2D eigenvalue weighted by molar-refractivity contribution is 9.09. The van der Waals surface area contributed by atoms with Crippen LogP contribution in [0.3, 0.4) is 0 Å². The van der Waals surface area contributed by atoms with Crippen LogP contribution in [-0.4, -0.2) is 22.9 Å². The van der Waals surface area contributed by atoms with E-state index in [-0.39, 0.29) is 0 Å². The summed E-state index contributed by atoms with van der Waals surface area (Å²) >= 11 is 3.26. The molecule has 0 aliphatic heterocycles. The second-order valence-corrected chi connectivity index (χ2v) is 4.68. The van der Waals surface area contributed by atoms with E-state index in [0.29, 0.717) is 19.0 Å². The fraction of sp³-hybridized carbons (Fsp3) is 0.417. The molecule has 0 aliphatic carbocycles. The maximum absolute atomic E-state index is 13.4. The van der Waals surface area contributed by atoms with Crippen LogP contribution in [-0.2, 0) is 0 Å². The van der Waals surface area contributed by atoms with Crippen LogP contribution in [0.4, 0.5) is 13.2 Å². The molecule has 0 radical (unpaired) electrons. The summed E-state index contributed by atoms with van der Waals surface area (Å²) in [5.74, 6) is -7.00. The molecular weight excluding hydrogens is 327 g/mol. The number of alkyl halides is 1. The predicted octanol–water partition coefficient (Wildman–Crippen LogP) is 3.10. The maximum atomic E-state index is 13.4. The highest BCUT2D eigenvalue weighted by atomic mass is 79.9. The summed E-state index contributed by atoms with van der Waals surface area (Å²) in [6, 6.07) is 0.429. The molecule has 0 saturated heterocycles. The first kappa shape index (κ1) is 15.8. The molecule has 0 aliphatic rings. The van der Waals surface area contributed by atoms with E-state index in [1.807, 2.05) is 0 Å². The van der Waals surface area contributed by atoms with Gasteiger partial charge in [0.25, 0.3) is 5.91 Å². The van der Waals surface area contributed by atoms with Gasteiger partial charge in [-0.05, 0) is 18.9 Å². The van der Waals surface area contributed by atoms with Crippen molar-refractivity contribution in [3.63, 3.8) is 0 Å². The van der Waals surface area contributed by atoms with Crippen LogP contribution in [0, 0.1) is 17.5 Å². The molecule has 0 spiro atoms. The highest BCUT2D eigenvalue weighted by Gasteiger charge is 2.22. The number of hydrogen-bond donors (Lipinski definition) is 2. The lowest BCUT2D eigenvalue weighted by Crippen LogP contribution is -2.25. The van der Waals surface area contributed by atoms with Gasteiger partial charge in [-0.25, -0.2) is 8.78 Å². The molecule has 0 fully saturated rings. The van der Waals surface area contributed by atoms with Gasteiger partial charge in [0, 0.05) is 11.9 Å². The van der Waals surface area contributed by atoms with Crippen molar-refractivity contribution >= 4 is 21.8 Å². The van der Waals surface area contributed by atoms with Crippen LogP contribution < -0.4 is 5.32 Å². The molecule has 0 unspecified atom stereocenters. The number of phenols is 1. The van der Waals surface area contributed by atoms with Crippen LogP contribution in [0.15, 0.2) is 6.07 Å². The molecule has 0 bridgehead atoms. The van der Waals surface area contributed by atoms with Gasteiger partial charge in [0.05, 0.1) is 5.56 Å². The lowest BCUT2D eigenvalue weighted by atomic mass is 10.1. The van der Waals surface area contributed by atoms with Gasteiger partial charge in [0.1, 0.15) is 0 Å². The third-order valence-electron chi connectivity index (χ3n) is 2.47. The first-order chi connectivity index (χ1) is 8.99. The van der Waals surface area contributed by atoms with E-state index in [0.717, 1.165) is 18.2 Å². The summed E-state index contributed by atoms with van der Waals surface area (Å²) in [6.45, 7) is 0.297. The molecule has 3 nitrogen and oxygen atoms in total. The van der Waals surface area contributed by atoms with E-state index >= 15 is 0 Å². The first-order valence-corrected chi connectivity index (χ1v) is 6.81. The third kappa shape index (κ3) is 4.12. The van der Waals surface area contributed by atoms with Crippen molar-refractivity contribution in [2.24, 2.45) is 0 Å². The lowest BCUT2D eigenvalue weighted by Gasteiger charge is -2.08. The molecule has 0 atom stereocenters. The number of carbonyl (C=O) groups is 1. The molecule has 2 N–H and O–H groups in total. The number of hydrogen-bond acceptors (Lipinski definition) is 2. The monoisotopic (exact) mass is 339 g/mol. The number of benzene rings is 1. The molecule has 0 heterocycles. The van der Waals surface area contributed by atoms with Crippen LogP contribution in [0.1, 0.15) is 29.6 Å². The number of carbonyl (C=O) groups excluding carboxylic acids is 1. The van der Waals surface area contributed by atoms with E-state index < -0.39 is 34.7 Å². The number of amides is 1. The zero-order valence-corrected chi connectivity index (χ0v) is 11.6. The highest BCUT2D eigenvalue weighted by Crippen LogP contribution is 2.25. The molecule has 0 saturated carbocycles. The van der Waals surface area contributed by atoms with Crippen LogP contribution in [0.5, 0.6) is 5.75 Å². The van der Waals surface area contributed by atoms with Crippen molar-refractivity contribution in [3.8, 4) is 5.75 Å². The summed E-state index contributed by atoms with van der Waals surface area (Å²) in [5, 5.41) is 12.2. The van der Waals surface area contributed by atoms with Gasteiger partial charge in [0.2, 0.25) is 5.82 Å².